The maximum Gasteiger partial charge on any atom is 0.231 e. The van der Waals surface area contributed by atoms with Gasteiger partial charge in [-0.2, -0.15) is 0 Å². The Kier molecular flexibility index (Phi) is 2.88. The molecule has 160 valence electrons. The van der Waals surface area contributed by atoms with E-state index >= 15 is 0 Å². The van der Waals surface area contributed by atoms with Gasteiger partial charge >= 0.3 is 0 Å². The fourth-order valence-corrected chi connectivity index (χ4v) is 3.39. The van der Waals surface area contributed by atoms with E-state index in [-0.39, 0.29) is 44.0 Å². The van der Waals surface area contributed by atoms with Crippen LogP contribution in [0.5, 0.6) is 11.5 Å². The van der Waals surface area contributed by atoms with Crippen molar-refractivity contribution in [2.24, 2.45) is 0 Å². The molecular weight excluding hydrogens is 386 g/mol. The van der Waals surface area contributed by atoms with Crippen LogP contribution >= 0.6 is 0 Å². The minimum absolute atomic E-state index is 0.0297. The molecule has 0 radical (unpaired) electrons. The van der Waals surface area contributed by atoms with Crippen molar-refractivity contribution in [1.82, 2.24) is 4.90 Å². The van der Waals surface area contributed by atoms with Crippen molar-refractivity contribution >= 4 is 0 Å². The zero-order valence-electron chi connectivity index (χ0n) is 31.5. The molecule has 2 aliphatic rings. The predicted molar refractivity (Wildman–Crippen MR) is 122 cm³/mol. The first-order valence-corrected chi connectivity index (χ1v) is 9.84. The topological polar surface area (TPSA) is 30.9 Å². The second-order valence-electron chi connectivity index (χ2n) is 6.96. The molecule has 0 amide bonds. The SMILES string of the molecule is [2H]c1c([2H])c([2H])c(C([2H])(O[C@@H]2CCCN(C([2H])([2H])C([2H])([2H])c3ccc4c(c3)OCO4)C2)c2c([2H])c([2H])c([2H])c([2H])c2[2H])c([2H])c1[2H]. The summed E-state index contributed by atoms with van der Waals surface area (Å²) in [5.41, 5.74) is -1.60. The fourth-order valence-electron chi connectivity index (χ4n) is 3.39. The minimum atomic E-state index is -2.96. The van der Waals surface area contributed by atoms with Crippen molar-refractivity contribution in [3.8, 4) is 11.5 Å². The first-order valence-electron chi connectivity index (χ1n) is 17.3. The number of ether oxygens (including phenoxy) is 3. The summed E-state index contributed by atoms with van der Waals surface area (Å²) < 4.78 is 144. The van der Waals surface area contributed by atoms with Crippen molar-refractivity contribution < 1.29 is 34.8 Å². The van der Waals surface area contributed by atoms with Gasteiger partial charge in [0, 0.05) is 18.5 Å². The van der Waals surface area contributed by atoms with Gasteiger partial charge < -0.3 is 19.1 Å². The zero-order chi connectivity index (χ0) is 34.1. The van der Waals surface area contributed by atoms with Crippen LogP contribution in [0.2, 0.25) is 0 Å². The summed E-state index contributed by atoms with van der Waals surface area (Å²) in [4.78, 5) is 1.16. The average molecular weight is 431 g/mol. The van der Waals surface area contributed by atoms with E-state index in [1.54, 1.807) is 0 Å². The summed E-state index contributed by atoms with van der Waals surface area (Å²) in [6, 6.07) is -4.18. The average Bonchev–Trinajstić information content (AvgIpc) is 3.49. The van der Waals surface area contributed by atoms with Gasteiger partial charge in [0.1, 0.15) is 6.08 Å². The number of piperidine rings is 1. The number of hydrogen-bond donors (Lipinski definition) is 0. The molecular formula is C27H29NO3. The lowest BCUT2D eigenvalue weighted by atomic mass is 10.00. The third kappa shape index (κ3) is 4.92. The Morgan fingerprint density at radius 2 is 1.74 bits per heavy atom. The largest absolute Gasteiger partial charge is 0.454 e. The number of likely N-dealkylation sites (tertiary alicyclic amines) is 1. The van der Waals surface area contributed by atoms with E-state index in [2.05, 4.69) is 0 Å². The van der Waals surface area contributed by atoms with Crippen molar-refractivity contribution in [2.45, 2.75) is 31.4 Å². The number of aryl methyl sites for hydroxylation is 1. The van der Waals surface area contributed by atoms with Crippen LogP contribution in [-0.2, 0) is 11.1 Å². The van der Waals surface area contributed by atoms with Crippen molar-refractivity contribution in [2.75, 3.05) is 26.4 Å². The molecule has 0 N–H and O–H groups in total. The van der Waals surface area contributed by atoms with Gasteiger partial charge in [-0.15, -0.1) is 0 Å². The maximum atomic E-state index is 9.51. The molecule has 31 heavy (non-hydrogen) atoms. The lowest BCUT2D eigenvalue weighted by Gasteiger charge is -2.35. The predicted octanol–water partition coefficient (Wildman–Crippen LogP) is 5.23. The first kappa shape index (κ1) is 9.35. The molecule has 2 heterocycles. The molecule has 4 nitrogen and oxygen atoms in total. The third-order valence-electron chi connectivity index (χ3n) is 4.85. The molecule has 2 aliphatic heterocycles. The number of hydrogen-bond acceptors (Lipinski definition) is 4. The Balaban J connectivity index is 1.59. The lowest BCUT2D eigenvalue weighted by Crippen LogP contribution is -2.41. The van der Waals surface area contributed by atoms with Crippen LogP contribution in [0, 0.1) is 0 Å². The number of fused-ring (bicyclic) bond motifs is 1. The maximum absolute atomic E-state index is 9.51. The van der Waals surface area contributed by atoms with Gasteiger partial charge in [-0.1, -0.05) is 66.5 Å². The summed E-state index contributed by atoms with van der Waals surface area (Å²) in [7, 11) is 0. The quantitative estimate of drug-likeness (QED) is 0.514. The second kappa shape index (κ2) is 9.54. The third-order valence-corrected chi connectivity index (χ3v) is 4.85. The molecule has 0 unspecified atom stereocenters. The number of rotatable bonds is 7. The molecule has 0 aromatic heterocycles. The highest BCUT2D eigenvalue weighted by molar-refractivity contribution is 5.44. The smallest absolute Gasteiger partial charge is 0.231 e. The van der Waals surface area contributed by atoms with Crippen molar-refractivity contribution in [1.29, 1.82) is 0 Å². The fraction of sp³-hybridized carbons (Fsp3) is 0.333. The molecule has 1 saturated heterocycles. The monoisotopic (exact) mass is 430 g/mol. The molecule has 1 fully saturated rings. The van der Waals surface area contributed by atoms with Crippen LogP contribution in [0.15, 0.2) is 78.6 Å². The summed E-state index contributed by atoms with van der Waals surface area (Å²) in [5.74, 6) is 0.645. The Morgan fingerprint density at radius 3 is 2.48 bits per heavy atom. The Labute approximate surface area is 205 Å². The molecule has 0 spiro atoms. The van der Waals surface area contributed by atoms with Gasteiger partial charge in [0.05, 0.1) is 21.2 Å². The first-order chi connectivity index (χ1) is 21.4. The van der Waals surface area contributed by atoms with Gasteiger partial charge in [-0.25, -0.2) is 0 Å². The van der Waals surface area contributed by atoms with Crippen molar-refractivity contribution in [3.05, 3.63) is 95.3 Å². The van der Waals surface area contributed by atoms with Gasteiger partial charge in [0.25, 0.3) is 0 Å². The van der Waals surface area contributed by atoms with Gasteiger partial charge in [-0.3, -0.25) is 0 Å². The zero-order valence-corrected chi connectivity index (χ0v) is 16.5. The molecule has 3 aromatic rings. The number of benzene rings is 3. The van der Waals surface area contributed by atoms with Crippen LogP contribution in [-0.4, -0.2) is 37.4 Å². The van der Waals surface area contributed by atoms with E-state index < -0.39 is 96.6 Å². The standard InChI is InChI=1S/C27H29NO3/c1-3-8-22(9-4-1)27(23-10-5-2-6-11-23)31-24-12-7-16-28(19-24)17-15-21-13-14-25-26(18-21)30-20-29-25/h1-6,8-11,13-14,18,24,27H,7,12,15-17,19-20H2/t24-/m1/s1/i1D,2D,3D,4D,5D,6D,8D,9D,10D,11D,15D2,17D2,27D. The van der Waals surface area contributed by atoms with Gasteiger partial charge in [0.2, 0.25) is 6.79 Å². The van der Waals surface area contributed by atoms with Gasteiger partial charge in [-0.05, 0) is 54.6 Å². The Bertz CT molecular complexity index is 1590. The Morgan fingerprint density at radius 1 is 1.03 bits per heavy atom. The minimum Gasteiger partial charge on any atom is -0.454 e. The van der Waals surface area contributed by atoms with Crippen LogP contribution in [0.4, 0.5) is 0 Å². The van der Waals surface area contributed by atoms with E-state index in [0.29, 0.717) is 5.75 Å². The molecule has 0 saturated carbocycles. The Hall–Kier alpha value is -2.82. The van der Waals surface area contributed by atoms with Gasteiger partial charge in [0.15, 0.2) is 11.5 Å². The van der Waals surface area contributed by atoms with E-state index in [4.69, 9.17) is 33.4 Å². The van der Waals surface area contributed by atoms with Crippen LogP contribution in [0.25, 0.3) is 0 Å². The highest BCUT2D eigenvalue weighted by Gasteiger charge is 2.25. The van der Waals surface area contributed by atoms with Crippen LogP contribution < -0.4 is 9.47 Å². The molecule has 0 bridgehead atoms. The summed E-state index contributed by atoms with van der Waals surface area (Å²) in [6.45, 7) is -3.03. The number of nitrogens with zero attached hydrogens (tertiary/aromatic N) is 1. The summed E-state index contributed by atoms with van der Waals surface area (Å²) in [5, 5.41) is 0. The van der Waals surface area contributed by atoms with E-state index in [1.165, 1.54) is 18.2 Å². The molecule has 0 aliphatic carbocycles. The van der Waals surface area contributed by atoms with Crippen molar-refractivity contribution in [3.63, 3.8) is 0 Å². The second-order valence-corrected chi connectivity index (χ2v) is 6.96. The molecule has 5 rings (SSSR count). The summed E-state index contributed by atoms with van der Waals surface area (Å²) >= 11 is 0. The van der Waals surface area contributed by atoms with Crippen LogP contribution in [0.1, 0.15) is 56.2 Å². The molecule has 4 heteroatoms. The van der Waals surface area contributed by atoms with E-state index in [1.807, 2.05) is 0 Å². The molecule has 1 atom stereocenters. The summed E-state index contributed by atoms with van der Waals surface area (Å²) in [6.07, 6.45) is -6.40. The van der Waals surface area contributed by atoms with Crippen LogP contribution in [0.3, 0.4) is 0 Å². The molecule has 3 aromatic carbocycles. The highest BCUT2D eigenvalue weighted by atomic mass is 16.7. The highest BCUT2D eigenvalue weighted by Crippen LogP contribution is 2.33. The van der Waals surface area contributed by atoms with E-state index in [0.717, 1.165) is 4.90 Å². The van der Waals surface area contributed by atoms with E-state index in [9.17, 15) is 1.37 Å². The lowest BCUT2D eigenvalue weighted by molar-refractivity contribution is -0.0330. The normalized spacial score (nSPS) is 26.6.